The van der Waals surface area contributed by atoms with Crippen LogP contribution in [0.5, 0.6) is 5.75 Å². The highest BCUT2D eigenvalue weighted by molar-refractivity contribution is 5.43. The van der Waals surface area contributed by atoms with Crippen molar-refractivity contribution in [3.63, 3.8) is 0 Å². The van der Waals surface area contributed by atoms with E-state index in [0.29, 0.717) is 17.7 Å². The Balaban J connectivity index is 2.86. The zero-order valence-corrected chi connectivity index (χ0v) is 10.1. The van der Waals surface area contributed by atoms with E-state index in [-0.39, 0.29) is 5.75 Å². The minimum Gasteiger partial charge on any atom is -0.487 e. The zero-order chi connectivity index (χ0) is 13.9. The summed E-state index contributed by atoms with van der Waals surface area (Å²) in [6.07, 6.45) is -3.73. The maximum atomic E-state index is 12.7. The molecular weight excluding hydrogens is 250 g/mol. The fraction of sp³-hybridized carbons (Fsp3) is 0.500. The lowest BCUT2D eigenvalue weighted by molar-refractivity contribution is -0.148. The molecule has 1 aromatic rings. The molecule has 18 heavy (non-hydrogen) atoms. The van der Waals surface area contributed by atoms with Gasteiger partial charge in [0, 0.05) is 6.54 Å². The molecule has 0 bridgehead atoms. The van der Waals surface area contributed by atoms with E-state index in [1.54, 1.807) is 26.0 Å². The molecule has 0 unspecified atom stereocenters. The Labute approximate surface area is 103 Å². The highest BCUT2D eigenvalue weighted by Gasteiger charge is 2.41. The lowest BCUT2D eigenvalue weighted by Crippen LogP contribution is -2.34. The molecular formula is C12H15F4NO. The van der Waals surface area contributed by atoms with E-state index in [0.717, 1.165) is 5.56 Å². The monoisotopic (exact) mass is 265 g/mol. The second-order valence-electron chi connectivity index (χ2n) is 4.11. The van der Waals surface area contributed by atoms with Gasteiger partial charge in [-0.15, -0.1) is 0 Å². The predicted molar refractivity (Wildman–Crippen MR) is 60.3 cm³/mol. The van der Waals surface area contributed by atoms with E-state index < -0.39 is 19.0 Å². The lowest BCUT2D eigenvalue weighted by Gasteiger charge is -2.18. The molecule has 0 fully saturated rings. The highest BCUT2D eigenvalue weighted by Crippen LogP contribution is 2.28. The molecule has 0 radical (unpaired) electrons. The van der Waals surface area contributed by atoms with Gasteiger partial charge in [0.25, 0.3) is 0 Å². The first-order chi connectivity index (χ1) is 8.27. The van der Waals surface area contributed by atoms with Crippen molar-refractivity contribution in [1.29, 1.82) is 0 Å². The van der Waals surface area contributed by atoms with E-state index in [2.05, 4.69) is 0 Å². The minimum absolute atomic E-state index is 0.201. The quantitative estimate of drug-likeness (QED) is 0.830. The first kappa shape index (κ1) is 14.8. The van der Waals surface area contributed by atoms with Gasteiger partial charge in [-0.3, -0.25) is 0 Å². The lowest BCUT2D eigenvalue weighted by atomic mass is 10.1. The summed E-state index contributed by atoms with van der Waals surface area (Å²) in [5.74, 6) is -3.95. The van der Waals surface area contributed by atoms with Crippen LogP contribution in [0.1, 0.15) is 16.7 Å². The van der Waals surface area contributed by atoms with E-state index in [9.17, 15) is 17.6 Å². The van der Waals surface area contributed by atoms with Crippen molar-refractivity contribution in [3.8, 4) is 5.75 Å². The summed E-state index contributed by atoms with van der Waals surface area (Å²) in [7, 11) is 0. The molecule has 6 heteroatoms. The summed E-state index contributed by atoms with van der Waals surface area (Å²) in [6, 6.07) is 3.37. The molecule has 0 aliphatic heterocycles. The van der Waals surface area contributed by atoms with Crippen LogP contribution in [0, 0.1) is 13.8 Å². The van der Waals surface area contributed by atoms with E-state index in [1.165, 1.54) is 0 Å². The topological polar surface area (TPSA) is 35.2 Å². The Hall–Kier alpha value is -1.30. The molecule has 0 atom stereocenters. The van der Waals surface area contributed by atoms with E-state index in [4.69, 9.17) is 10.5 Å². The zero-order valence-electron chi connectivity index (χ0n) is 10.1. The van der Waals surface area contributed by atoms with Crippen LogP contribution >= 0.6 is 0 Å². The van der Waals surface area contributed by atoms with Crippen LogP contribution < -0.4 is 10.5 Å². The van der Waals surface area contributed by atoms with Crippen molar-refractivity contribution in [3.05, 3.63) is 28.8 Å². The second kappa shape index (κ2) is 5.56. The number of benzene rings is 1. The van der Waals surface area contributed by atoms with Crippen molar-refractivity contribution in [2.45, 2.75) is 32.7 Å². The molecule has 0 aliphatic rings. The maximum Gasteiger partial charge on any atom is 0.340 e. The first-order valence-corrected chi connectivity index (χ1v) is 5.37. The number of alkyl halides is 4. The van der Waals surface area contributed by atoms with Crippen molar-refractivity contribution in [2.24, 2.45) is 5.73 Å². The van der Waals surface area contributed by atoms with Crippen LogP contribution in [0.2, 0.25) is 0 Å². The van der Waals surface area contributed by atoms with Gasteiger partial charge in [0.15, 0.2) is 6.61 Å². The van der Waals surface area contributed by atoms with E-state index in [1.807, 2.05) is 0 Å². The third kappa shape index (κ3) is 3.35. The van der Waals surface area contributed by atoms with Gasteiger partial charge in [0.05, 0.1) is 0 Å². The van der Waals surface area contributed by atoms with Gasteiger partial charge in [-0.25, -0.2) is 8.78 Å². The van der Waals surface area contributed by atoms with Gasteiger partial charge < -0.3 is 10.5 Å². The summed E-state index contributed by atoms with van der Waals surface area (Å²) >= 11 is 0. The summed E-state index contributed by atoms with van der Waals surface area (Å²) in [5.41, 5.74) is 7.49. The van der Waals surface area contributed by atoms with Gasteiger partial charge in [-0.2, -0.15) is 8.78 Å². The number of hydrogen-bond acceptors (Lipinski definition) is 2. The summed E-state index contributed by atoms with van der Waals surface area (Å²) in [4.78, 5) is 0. The van der Waals surface area contributed by atoms with Gasteiger partial charge >= 0.3 is 12.3 Å². The first-order valence-electron chi connectivity index (χ1n) is 5.37. The van der Waals surface area contributed by atoms with Gasteiger partial charge in [0.2, 0.25) is 0 Å². The van der Waals surface area contributed by atoms with Crippen LogP contribution in [-0.4, -0.2) is 19.0 Å². The van der Waals surface area contributed by atoms with Gasteiger partial charge in [0.1, 0.15) is 5.75 Å². The number of halogens is 4. The molecule has 0 saturated carbocycles. The molecule has 1 rings (SSSR count). The van der Waals surface area contributed by atoms with Crippen molar-refractivity contribution in [1.82, 2.24) is 0 Å². The van der Waals surface area contributed by atoms with Crippen LogP contribution in [0.4, 0.5) is 17.6 Å². The Morgan fingerprint density at radius 1 is 1.22 bits per heavy atom. The van der Waals surface area contributed by atoms with Crippen LogP contribution in [0.25, 0.3) is 0 Å². The second-order valence-corrected chi connectivity index (χ2v) is 4.11. The largest absolute Gasteiger partial charge is 0.487 e. The molecule has 0 aromatic heterocycles. The number of rotatable bonds is 5. The SMILES string of the molecule is Cc1cc(CN)cc(C)c1OCC(F)(F)C(F)F. The van der Waals surface area contributed by atoms with Crippen LogP contribution in [0.3, 0.4) is 0 Å². The normalized spacial score (nSPS) is 12.0. The molecule has 0 spiro atoms. The van der Waals surface area contributed by atoms with Gasteiger partial charge in [-0.05, 0) is 30.5 Å². The van der Waals surface area contributed by atoms with Crippen LogP contribution in [0.15, 0.2) is 12.1 Å². The molecule has 2 N–H and O–H groups in total. The summed E-state index contributed by atoms with van der Waals surface area (Å²) in [5, 5.41) is 0. The molecule has 0 amide bonds. The fourth-order valence-corrected chi connectivity index (χ4v) is 1.62. The third-order valence-electron chi connectivity index (χ3n) is 2.48. The molecule has 2 nitrogen and oxygen atoms in total. The highest BCUT2D eigenvalue weighted by atomic mass is 19.3. The summed E-state index contributed by atoms with van der Waals surface area (Å²) in [6.45, 7) is 2.29. The Morgan fingerprint density at radius 3 is 2.11 bits per heavy atom. The maximum absolute atomic E-state index is 12.7. The third-order valence-corrected chi connectivity index (χ3v) is 2.48. The summed E-state index contributed by atoms with van der Waals surface area (Å²) < 4.78 is 54.3. The number of aryl methyl sites for hydroxylation is 2. The number of nitrogens with two attached hydrogens (primary N) is 1. The standard InChI is InChI=1S/C12H15F4NO/c1-7-3-9(5-17)4-8(2)10(7)18-6-12(15,16)11(13)14/h3-4,11H,5-6,17H2,1-2H3. The predicted octanol–water partition coefficient (Wildman–Crippen LogP) is 3.04. The van der Waals surface area contributed by atoms with E-state index >= 15 is 0 Å². The molecule has 102 valence electrons. The smallest absolute Gasteiger partial charge is 0.340 e. The average molecular weight is 265 g/mol. The van der Waals surface area contributed by atoms with Crippen LogP contribution in [-0.2, 0) is 6.54 Å². The Kier molecular flexibility index (Phi) is 4.56. The Morgan fingerprint density at radius 2 is 1.72 bits per heavy atom. The number of ether oxygens (including phenoxy) is 1. The van der Waals surface area contributed by atoms with Gasteiger partial charge in [-0.1, -0.05) is 12.1 Å². The van der Waals surface area contributed by atoms with Crippen molar-refractivity contribution >= 4 is 0 Å². The minimum atomic E-state index is -4.15. The van der Waals surface area contributed by atoms with Crippen molar-refractivity contribution in [2.75, 3.05) is 6.61 Å². The molecule has 0 aliphatic carbocycles. The molecule has 0 heterocycles. The number of hydrogen-bond donors (Lipinski definition) is 1. The molecule has 0 saturated heterocycles. The fourth-order valence-electron chi connectivity index (χ4n) is 1.62. The Bertz CT molecular complexity index is 398. The van der Waals surface area contributed by atoms with Crippen molar-refractivity contribution < 1.29 is 22.3 Å². The molecule has 1 aromatic carbocycles. The average Bonchev–Trinajstić information content (AvgIpc) is 2.27.